The normalized spacial score (nSPS) is 13.9. The molecular weight excluding hydrogens is 376 g/mol. The second-order valence-corrected chi connectivity index (χ2v) is 7.19. The van der Waals surface area contributed by atoms with Gasteiger partial charge < -0.3 is 25.2 Å². The lowest BCUT2D eigenvalue weighted by Crippen LogP contribution is -2.37. The van der Waals surface area contributed by atoms with E-state index in [2.05, 4.69) is 39.6 Å². The Kier molecular flexibility index (Phi) is 7.39. The highest BCUT2D eigenvalue weighted by atomic mass is 35.5. The summed E-state index contributed by atoms with van der Waals surface area (Å²) in [6, 6.07) is 15.5. The van der Waals surface area contributed by atoms with Crippen LogP contribution in [0.1, 0.15) is 6.42 Å². The Morgan fingerprint density at radius 3 is 2.68 bits per heavy atom. The summed E-state index contributed by atoms with van der Waals surface area (Å²) in [6.07, 6.45) is 0.852. The molecule has 1 aliphatic rings. The van der Waals surface area contributed by atoms with Crippen molar-refractivity contribution >= 4 is 34.7 Å². The molecule has 0 aliphatic carbocycles. The number of halogens is 1. The zero-order valence-electron chi connectivity index (χ0n) is 16.2. The van der Waals surface area contributed by atoms with Gasteiger partial charge in [-0.3, -0.25) is 0 Å². The van der Waals surface area contributed by atoms with Crippen molar-refractivity contribution in [3.05, 3.63) is 53.6 Å². The Bertz CT molecular complexity index is 766. The molecule has 6 nitrogen and oxygen atoms in total. The Morgan fingerprint density at radius 1 is 1.18 bits per heavy atom. The van der Waals surface area contributed by atoms with Crippen molar-refractivity contribution < 1.29 is 9.53 Å². The summed E-state index contributed by atoms with van der Waals surface area (Å²) < 4.78 is 5.41. The van der Waals surface area contributed by atoms with Gasteiger partial charge in [0.05, 0.1) is 24.6 Å². The van der Waals surface area contributed by atoms with Gasteiger partial charge in [0.15, 0.2) is 0 Å². The highest BCUT2D eigenvalue weighted by molar-refractivity contribution is 6.31. The minimum absolute atomic E-state index is 0.223. The predicted molar refractivity (Wildman–Crippen MR) is 116 cm³/mol. The van der Waals surface area contributed by atoms with Crippen LogP contribution in [0.15, 0.2) is 48.5 Å². The lowest BCUT2D eigenvalue weighted by molar-refractivity contribution is 0.123. The Balaban J connectivity index is 1.48. The molecule has 1 saturated heterocycles. The molecule has 2 aromatic carbocycles. The van der Waals surface area contributed by atoms with Crippen molar-refractivity contribution in [1.82, 2.24) is 5.32 Å². The zero-order chi connectivity index (χ0) is 19.8. The van der Waals surface area contributed by atoms with Gasteiger partial charge >= 0.3 is 6.03 Å². The van der Waals surface area contributed by atoms with Crippen LogP contribution in [-0.2, 0) is 4.74 Å². The van der Waals surface area contributed by atoms with Gasteiger partial charge in [-0.2, -0.15) is 0 Å². The number of hydrogen-bond donors (Lipinski definition) is 2. The van der Waals surface area contributed by atoms with Crippen molar-refractivity contribution in [2.24, 2.45) is 0 Å². The second-order valence-electron chi connectivity index (χ2n) is 6.75. The monoisotopic (exact) mass is 402 g/mol. The van der Waals surface area contributed by atoms with Crippen LogP contribution in [0.2, 0.25) is 5.02 Å². The number of hydrogen-bond acceptors (Lipinski definition) is 4. The van der Waals surface area contributed by atoms with Gasteiger partial charge in [0.25, 0.3) is 0 Å². The molecule has 150 valence electrons. The van der Waals surface area contributed by atoms with Gasteiger partial charge in [0.2, 0.25) is 0 Å². The van der Waals surface area contributed by atoms with Crippen molar-refractivity contribution in [2.75, 3.05) is 61.6 Å². The molecule has 28 heavy (non-hydrogen) atoms. The summed E-state index contributed by atoms with van der Waals surface area (Å²) in [6.45, 7) is 4.41. The number of urea groups is 1. The van der Waals surface area contributed by atoms with Gasteiger partial charge in [-0.25, -0.2) is 4.79 Å². The predicted octanol–water partition coefficient (Wildman–Crippen LogP) is 3.82. The van der Waals surface area contributed by atoms with Gasteiger partial charge in [-0.1, -0.05) is 29.8 Å². The lowest BCUT2D eigenvalue weighted by atomic mass is 10.2. The number of morpholine rings is 1. The van der Waals surface area contributed by atoms with Crippen LogP contribution < -0.4 is 20.4 Å². The highest BCUT2D eigenvalue weighted by Crippen LogP contribution is 2.29. The average molecular weight is 403 g/mol. The maximum Gasteiger partial charge on any atom is 0.319 e. The molecule has 2 aromatic rings. The fourth-order valence-corrected chi connectivity index (χ4v) is 3.36. The minimum atomic E-state index is -0.223. The number of anilines is 3. The van der Waals surface area contributed by atoms with Crippen molar-refractivity contribution in [3.63, 3.8) is 0 Å². The number of benzene rings is 2. The van der Waals surface area contributed by atoms with Gasteiger partial charge in [0.1, 0.15) is 0 Å². The van der Waals surface area contributed by atoms with Crippen molar-refractivity contribution in [3.8, 4) is 0 Å². The van der Waals surface area contributed by atoms with Crippen LogP contribution in [0, 0.1) is 0 Å². The molecular formula is C21H27ClN4O2. The molecule has 7 heteroatoms. The van der Waals surface area contributed by atoms with Gasteiger partial charge in [0, 0.05) is 43.9 Å². The van der Waals surface area contributed by atoms with E-state index in [9.17, 15) is 4.79 Å². The molecule has 0 bridgehead atoms. The summed E-state index contributed by atoms with van der Waals surface area (Å²) in [5, 5.41) is 6.46. The topological polar surface area (TPSA) is 56.8 Å². The number of carbonyl (C=O) groups excluding carboxylic acids is 1. The van der Waals surface area contributed by atoms with Crippen molar-refractivity contribution in [1.29, 1.82) is 0 Å². The maximum atomic E-state index is 12.4. The van der Waals surface area contributed by atoms with Crippen molar-refractivity contribution in [2.45, 2.75) is 6.42 Å². The molecule has 2 amide bonds. The number of nitrogens with zero attached hydrogens (tertiary/aromatic N) is 2. The van der Waals surface area contributed by atoms with Crippen LogP contribution in [0.3, 0.4) is 0 Å². The summed E-state index contributed by atoms with van der Waals surface area (Å²) in [5.74, 6) is 0. The standard InChI is InChI=1S/C21H27ClN4O2/c1-25(18-6-3-2-4-7-18)11-5-10-23-21(27)24-19-16-17(22)8-9-20(19)26-12-14-28-15-13-26/h2-4,6-9,16H,5,10-15H2,1H3,(H2,23,24,27). The number of rotatable bonds is 7. The Labute approximate surface area is 171 Å². The number of amides is 2. The first-order valence-electron chi connectivity index (χ1n) is 9.57. The maximum absolute atomic E-state index is 12.4. The first-order chi connectivity index (χ1) is 13.6. The number of ether oxygens (including phenoxy) is 1. The fourth-order valence-electron chi connectivity index (χ4n) is 3.18. The molecule has 0 saturated carbocycles. The molecule has 0 aromatic heterocycles. The smallest absolute Gasteiger partial charge is 0.319 e. The minimum Gasteiger partial charge on any atom is -0.378 e. The number of para-hydroxylation sites is 1. The van der Waals surface area contributed by atoms with E-state index in [1.807, 2.05) is 30.3 Å². The third-order valence-corrected chi connectivity index (χ3v) is 4.95. The van der Waals surface area contributed by atoms with Gasteiger partial charge in [-0.05, 0) is 36.8 Å². The summed E-state index contributed by atoms with van der Waals surface area (Å²) in [7, 11) is 2.05. The molecule has 1 fully saturated rings. The van der Waals surface area contributed by atoms with E-state index in [-0.39, 0.29) is 6.03 Å². The van der Waals surface area contributed by atoms with E-state index < -0.39 is 0 Å². The van der Waals surface area contributed by atoms with E-state index >= 15 is 0 Å². The van der Waals surface area contributed by atoms with E-state index in [0.29, 0.717) is 30.5 Å². The van der Waals surface area contributed by atoms with Gasteiger partial charge in [-0.15, -0.1) is 0 Å². The Hall–Kier alpha value is -2.44. The molecule has 2 N–H and O–H groups in total. The third kappa shape index (κ3) is 5.78. The molecule has 1 aliphatic heterocycles. The summed E-state index contributed by atoms with van der Waals surface area (Å²) in [4.78, 5) is 16.7. The van der Waals surface area contributed by atoms with E-state index in [1.54, 1.807) is 6.07 Å². The second kappa shape index (κ2) is 10.2. The molecule has 1 heterocycles. The molecule has 3 rings (SSSR count). The van der Waals surface area contributed by atoms with Crippen LogP contribution in [0.5, 0.6) is 0 Å². The van der Waals surface area contributed by atoms with Crippen LogP contribution >= 0.6 is 11.6 Å². The molecule has 0 unspecified atom stereocenters. The summed E-state index contributed by atoms with van der Waals surface area (Å²) >= 11 is 6.14. The zero-order valence-corrected chi connectivity index (χ0v) is 16.9. The average Bonchev–Trinajstić information content (AvgIpc) is 2.72. The van der Waals surface area contributed by atoms with Crippen LogP contribution in [0.25, 0.3) is 0 Å². The first kappa shape index (κ1) is 20.3. The van der Waals surface area contributed by atoms with E-state index in [0.717, 1.165) is 31.7 Å². The SMILES string of the molecule is CN(CCCNC(=O)Nc1cc(Cl)ccc1N1CCOCC1)c1ccccc1. The van der Waals surface area contributed by atoms with Crippen LogP contribution in [-0.4, -0.2) is 52.5 Å². The largest absolute Gasteiger partial charge is 0.378 e. The quantitative estimate of drug-likeness (QED) is 0.691. The van der Waals surface area contributed by atoms with E-state index in [4.69, 9.17) is 16.3 Å². The third-order valence-electron chi connectivity index (χ3n) is 4.71. The first-order valence-corrected chi connectivity index (χ1v) is 9.94. The Morgan fingerprint density at radius 2 is 1.93 bits per heavy atom. The number of nitrogens with one attached hydrogen (secondary N) is 2. The molecule has 0 atom stereocenters. The molecule has 0 spiro atoms. The number of carbonyl (C=O) groups is 1. The van der Waals surface area contributed by atoms with Crippen LogP contribution in [0.4, 0.5) is 21.9 Å². The lowest BCUT2D eigenvalue weighted by Gasteiger charge is -2.30. The van der Waals surface area contributed by atoms with E-state index in [1.165, 1.54) is 5.69 Å². The summed E-state index contributed by atoms with van der Waals surface area (Å²) in [5.41, 5.74) is 2.85. The highest BCUT2D eigenvalue weighted by Gasteiger charge is 2.16. The fraction of sp³-hybridized carbons (Fsp3) is 0.381. The molecule has 0 radical (unpaired) electrons.